The predicted molar refractivity (Wildman–Crippen MR) is 70.4 cm³/mol. The van der Waals surface area contributed by atoms with E-state index in [1.807, 2.05) is 20.8 Å². The maximum absolute atomic E-state index is 12.1. The summed E-state index contributed by atoms with van der Waals surface area (Å²) in [5.41, 5.74) is 0.963. The number of nitrogens with one attached hydrogen (secondary N) is 2. The molecule has 0 saturated heterocycles. The number of H-pyrrole nitrogens is 1. The highest BCUT2D eigenvalue weighted by atomic mass is 32.2. The molecule has 2 aromatic rings. The highest BCUT2D eigenvalue weighted by Crippen LogP contribution is 2.26. The van der Waals surface area contributed by atoms with E-state index in [2.05, 4.69) is 19.9 Å². The predicted octanol–water partition coefficient (Wildman–Crippen LogP) is 1.85. The van der Waals surface area contributed by atoms with Gasteiger partial charge in [-0.1, -0.05) is 6.92 Å². The molecule has 0 aliphatic rings. The van der Waals surface area contributed by atoms with E-state index >= 15 is 0 Å². The number of aryl methyl sites for hydroxylation is 3. The summed E-state index contributed by atoms with van der Waals surface area (Å²) in [6.07, 6.45) is 0.673. The second-order valence-corrected chi connectivity index (χ2v) is 7.03. The largest absolute Gasteiger partial charge is 0.273 e. The Hall–Kier alpha value is -1.41. The first-order valence-corrected chi connectivity index (χ1v) is 7.73. The minimum absolute atomic E-state index is 0.0792. The fourth-order valence-corrected chi connectivity index (χ4v) is 3.80. The summed E-state index contributed by atoms with van der Waals surface area (Å²) >= 11 is 1.24. The zero-order valence-corrected chi connectivity index (χ0v) is 11.9. The van der Waals surface area contributed by atoms with Crippen LogP contribution in [0.1, 0.15) is 23.2 Å². The lowest BCUT2D eigenvalue weighted by Gasteiger charge is -2.00. The van der Waals surface area contributed by atoms with Crippen LogP contribution < -0.4 is 4.72 Å². The van der Waals surface area contributed by atoms with Crippen LogP contribution in [0.4, 0.5) is 5.95 Å². The zero-order valence-electron chi connectivity index (χ0n) is 10.3. The van der Waals surface area contributed by atoms with E-state index in [1.165, 1.54) is 11.3 Å². The molecule has 0 atom stereocenters. The Morgan fingerprint density at radius 3 is 2.67 bits per heavy atom. The minimum Gasteiger partial charge on any atom is -0.261 e. The number of aromatic nitrogens is 3. The molecule has 0 amide bonds. The zero-order chi connectivity index (χ0) is 13.3. The molecule has 0 unspecified atom stereocenters. The van der Waals surface area contributed by atoms with E-state index < -0.39 is 10.0 Å². The lowest BCUT2D eigenvalue weighted by Crippen LogP contribution is -2.12. The van der Waals surface area contributed by atoms with Gasteiger partial charge in [0, 0.05) is 11.3 Å². The van der Waals surface area contributed by atoms with Gasteiger partial charge in [-0.25, -0.2) is 13.1 Å². The van der Waals surface area contributed by atoms with Crippen LogP contribution in [-0.4, -0.2) is 23.6 Å². The molecular weight excluding hydrogens is 272 g/mol. The maximum atomic E-state index is 12.1. The van der Waals surface area contributed by atoms with Gasteiger partial charge in [-0.3, -0.25) is 5.10 Å². The Bertz CT molecular complexity index is 638. The molecule has 6 nitrogen and oxygen atoms in total. The third kappa shape index (κ3) is 2.54. The first-order chi connectivity index (χ1) is 8.42. The van der Waals surface area contributed by atoms with Gasteiger partial charge in [0.25, 0.3) is 16.0 Å². The first kappa shape index (κ1) is 13.0. The summed E-state index contributed by atoms with van der Waals surface area (Å²) in [4.78, 5) is 5.00. The number of hydrogen-bond donors (Lipinski definition) is 2. The average molecular weight is 286 g/mol. The number of sulfonamides is 1. The van der Waals surface area contributed by atoms with E-state index in [0.29, 0.717) is 12.2 Å². The van der Waals surface area contributed by atoms with Crippen LogP contribution in [0, 0.1) is 13.8 Å². The third-order valence-electron chi connectivity index (χ3n) is 2.50. The van der Waals surface area contributed by atoms with E-state index in [9.17, 15) is 8.42 Å². The molecule has 0 aliphatic heterocycles. The van der Waals surface area contributed by atoms with E-state index in [-0.39, 0.29) is 10.2 Å². The van der Waals surface area contributed by atoms with Crippen molar-refractivity contribution in [1.82, 2.24) is 15.2 Å². The van der Waals surface area contributed by atoms with Gasteiger partial charge in [0.2, 0.25) is 0 Å². The van der Waals surface area contributed by atoms with Crippen molar-refractivity contribution in [3.63, 3.8) is 0 Å². The van der Waals surface area contributed by atoms with Crippen molar-refractivity contribution in [2.75, 3.05) is 4.72 Å². The normalized spacial score (nSPS) is 11.7. The molecular formula is C10H14N4O2S2. The van der Waals surface area contributed by atoms with Gasteiger partial charge in [-0.05, 0) is 25.5 Å². The van der Waals surface area contributed by atoms with Crippen LogP contribution in [-0.2, 0) is 16.4 Å². The second-order valence-electron chi connectivity index (χ2n) is 3.87. The van der Waals surface area contributed by atoms with Gasteiger partial charge in [0.05, 0.1) is 0 Å². The number of anilines is 1. The van der Waals surface area contributed by atoms with Gasteiger partial charge < -0.3 is 0 Å². The molecule has 0 saturated carbocycles. The molecule has 2 aromatic heterocycles. The molecule has 0 fully saturated rings. The first-order valence-electron chi connectivity index (χ1n) is 5.43. The molecule has 2 heterocycles. The SMILES string of the molecule is CCc1nc(NS(=O)(=O)c2cc(C)c(C)s2)n[nH]1. The third-order valence-corrected chi connectivity index (χ3v) is 5.45. The molecule has 0 spiro atoms. The van der Waals surface area contributed by atoms with Crippen molar-refractivity contribution >= 4 is 27.3 Å². The Balaban J connectivity index is 2.26. The van der Waals surface area contributed by atoms with Gasteiger partial charge in [0.1, 0.15) is 10.0 Å². The molecule has 2 N–H and O–H groups in total. The quantitative estimate of drug-likeness (QED) is 0.897. The molecule has 0 bridgehead atoms. The van der Waals surface area contributed by atoms with Crippen molar-refractivity contribution in [2.45, 2.75) is 31.4 Å². The van der Waals surface area contributed by atoms with Gasteiger partial charge >= 0.3 is 0 Å². The average Bonchev–Trinajstić information content (AvgIpc) is 2.87. The van der Waals surface area contributed by atoms with Crippen molar-refractivity contribution < 1.29 is 8.42 Å². The number of aromatic amines is 1. The highest BCUT2D eigenvalue weighted by Gasteiger charge is 2.19. The number of thiophene rings is 1. The van der Waals surface area contributed by atoms with E-state index in [1.54, 1.807) is 6.07 Å². The Morgan fingerprint density at radius 1 is 1.44 bits per heavy atom. The van der Waals surface area contributed by atoms with Crippen molar-refractivity contribution in [3.8, 4) is 0 Å². The van der Waals surface area contributed by atoms with E-state index in [4.69, 9.17) is 0 Å². The topological polar surface area (TPSA) is 87.7 Å². The monoisotopic (exact) mass is 286 g/mol. The number of nitrogens with zero attached hydrogens (tertiary/aromatic N) is 2. The summed E-state index contributed by atoms with van der Waals surface area (Å²) < 4.78 is 26.8. The number of hydrogen-bond acceptors (Lipinski definition) is 5. The maximum Gasteiger partial charge on any atom is 0.273 e. The van der Waals surface area contributed by atoms with Crippen LogP contribution in [0.5, 0.6) is 0 Å². The lowest BCUT2D eigenvalue weighted by atomic mass is 10.3. The van der Waals surface area contributed by atoms with Crippen molar-refractivity contribution in [2.24, 2.45) is 0 Å². The fourth-order valence-electron chi connectivity index (χ4n) is 1.34. The summed E-state index contributed by atoms with van der Waals surface area (Å²) in [6, 6.07) is 1.65. The van der Waals surface area contributed by atoms with Crippen LogP contribution >= 0.6 is 11.3 Å². The molecule has 8 heteroatoms. The molecule has 98 valence electrons. The summed E-state index contributed by atoms with van der Waals surface area (Å²) in [5.74, 6) is 0.724. The summed E-state index contributed by atoms with van der Waals surface area (Å²) in [5, 5.41) is 6.47. The van der Waals surface area contributed by atoms with Gasteiger partial charge in [0.15, 0.2) is 0 Å². The standard InChI is InChI=1S/C10H14N4O2S2/c1-4-8-11-10(13-12-8)14-18(15,16)9-5-6(2)7(3)17-9/h5H,4H2,1-3H3,(H2,11,12,13,14). The van der Waals surface area contributed by atoms with Gasteiger partial charge in [-0.15, -0.1) is 16.4 Å². The molecule has 0 aromatic carbocycles. The molecule has 18 heavy (non-hydrogen) atoms. The molecule has 2 rings (SSSR count). The summed E-state index contributed by atoms with van der Waals surface area (Å²) in [7, 11) is -3.59. The van der Waals surface area contributed by atoms with E-state index in [0.717, 1.165) is 10.4 Å². The number of rotatable bonds is 4. The van der Waals surface area contributed by atoms with Gasteiger partial charge in [-0.2, -0.15) is 4.98 Å². The van der Waals surface area contributed by atoms with Crippen LogP contribution in [0.15, 0.2) is 10.3 Å². The van der Waals surface area contributed by atoms with Crippen LogP contribution in [0.2, 0.25) is 0 Å². The molecule has 0 aliphatic carbocycles. The highest BCUT2D eigenvalue weighted by molar-refractivity contribution is 7.94. The fraction of sp³-hybridized carbons (Fsp3) is 0.400. The van der Waals surface area contributed by atoms with Crippen LogP contribution in [0.3, 0.4) is 0 Å². The smallest absolute Gasteiger partial charge is 0.261 e. The Kier molecular flexibility index (Phi) is 3.40. The Morgan fingerprint density at radius 2 is 2.17 bits per heavy atom. The lowest BCUT2D eigenvalue weighted by molar-refractivity contribution is 0.602. The van der Waals surface area contributed by atoms with Crippen molar-refractivity contribution in [1.29, 1.82) is 0 Å². The summed E-state index contributed by atoms with van der Waals surface area (Å²) in [6.45, 7) is 5.68. The van der Waals surface area contributed by atoms with Crippen LogP contribution in [0.25, 0.3) is 0 Å². The Labute approximate surface area is 110 Å². The minimum atomic E-state index is -3.59. The second kappa shape index (κ2) is 4.69. The van der Waals surface area contributed by atoms with Crippen molar-refractivity contribution in [3.05, 3.63) is 22.3 Å². The molecule has 0 radical (unpaired) electrons.